The average molecular weight is 242 g/mol. The third-order valence-corrected chi connectivity index (χ3v) is 3.40. The van der Waals surface area contributed by atoms with Crippen LogP contribution < -0.4 is 11.1 Å². The van der Waals surface area contributed by atoms with Crippen LogP contribution in [0.2, 0.25) is 0 Å². The quantitative estimate of drug-likeness (QED) is 0.725. The lowest BCUT2D eigenvalue weighted by Crippen LogP contribution is -2.30. The molecule has 0 aliphatic heterocycles. The van der Waals surface area contributed by atoms with Crippen molar-refractivity contribution in [3.63, 3.8) is 0 Å². The van der Waals surface area contributed by atoms with Gasteiger partial charge in [0.25, 0.3) is 0 Å². The Morgan fingerprint density at radius 2 is 2.25 bits per heavy atom. The summed E-state index contributed by atoms with van der Waals surface area (Å²) in [7, 11) is 0. The third-order valence-electron chi connectivity index (χ3n) is 3.25. The van der Waals surface area contributed by atoms with Crippen molar-refractivity contribution in [3.8, 4) is 0 Å². The molecule has 0 spiro atoms. The fraction of sp³-hybridized carbons (Fsp3) is 0.833. The van der Waals surface area contributed by atoms with Crippen LogP contribution in [0.15, 0.2) is 0 Å². The summed E-state index contributed by atoms with van der Waals surface area (Å²) in [4.78, 5) is 11.5. The number of thiocarbonyl (C=S) groups is 1. The Morgan fingerprint density at radius 3 is 2.88 bits per heavy atom. The van der Waals surface area contributed by atoms with Gasteiger partial charge in [-0.15, -0.1) is 0 Å². The number of carbonyl (C=O) groups excluding carboxylic acids is 1. The first-order valence-electron chi connectivity index (χ1n) is 6.13. The molecule has 2 atom stereocenters. The van der Waals surface area contributed by atoms with Crippen molar-refractivity contribution in [3.05, 3.63) is 0 Å². The van der Waals surface area contributed by atoms with Gasteiger partial charge in [-0.1, -0.05) is 38.4 Å². The molecule has 1 amide bonds. The highest BCUT2D eigenvalue weighted by Gasteiger charge is 2.18. The minimum absolute atomic E-state index is 0.0450. The van der Waals surface area contributed by atoms with Gasteiger partial charge in [0.1, 0.15) is 0 Å². The lowest BCUT2D eigenvalue weighted by Gasteiger charge is -2.26. The van der Waals surface area contributed by atoms with E-state index < -0.39 is 0 Å². The van der Waals surface area contributed by atoms with Gasteiger partial charge in [-0.3, -0.25) is 4.79 Å². The summed E-state index contributed by atoms with van der Waals surface area (Å²) < 4.78 is 0. The fourth-order valence-corrected chi connectivity index (χ4v) is 2.59. The van der Waals surface area contributed by atoms with E-state index in [2.05, 4.69) is 24.5 Å². The SMILES string of the molecule is CC1CCCC(CCNC(=O)CC(N)=S)C1. The van der Waals surface area contributed by atoms with Crippen LogP contribution in [-0.2, 0) is 4.79 Å². The van der Waals surface area contributed by atoms with E-state index >= 15 is 0 Å². The Bertz CT molecular complexity index is 255. The van der Waals surface area contributed by atoms with Gasteiger partial charge in [-0.05, 0) is 24.7 Å². The Kier molecular flexibility index (Phi) is 5.74. The van der Waals surface area contributed by atoms with E-state index in [1.54, 1.807) is 0 Å². The molecule has 1 aliphatic carbocycles. The average Bonchev–Trinajstić information content (AvgIpc) is 2.16. The molecule has 4 heteroatoms. The van der Waals surface area contributed by atoms with Gasteiger partial charge in [0, 0.05) is 6.54 Å². The predicted octanol–water partition coefficient (Wildman–Crippen LogP) is 2.00. The maximum absolute atomic E-state index is 11.3. The normalized spacial score (nSPS) is 25.1. The second-order valence-corrected chi connectivity index (χ2v) is 5.44. The molecule has 3 nitrogen and oxygen atoms in total. The van der Waals surface area contributed by atoms with E-state index in [1.807, 2.05) is 0 Å². The van der Waals surface area contributed by atoms with E-state index in [0.29, 0.717) is 0 Å². The van der Waals surface area contributed by atoms with Crippen molar-refractivity contribution >= 4 is 23.1 Å². The van der Waals surface area contributed by atoms with Crippen molar-refractivity contribution in [2.24, 2.45) is 17.6 Å². The Hall–Kier alpha value is -0.640. The van der Waals surface area contributed by atoms with Gasteiger partial charge in [0.15, 0.2) is 0 Å². The van der Waals surface area contributed by atoms with Crippen LogP contribution in [0.3, 0.4) is 0 Å². The van der Waals surface area contributed by atoms with Gasteiger partial charge in [-0.2, -0.15) is 0 Å². The first-order chi connectivity index (χ1) is 7.58. The molecule has 0 saturated heterocycles. The highest BCUT2D eigenvalue weighted by Crippen LogP contribution is 2.30. The zero-order chi connectivity index (χ0) is 12.0. The highest BCUT2D eigenvalue weighted by atomic mass is 32.1. The Labute approximate surface area is 103 Å². The van der Waals surface area contributed by atoms with Gasteiger partial charge in [-0.25, -0.2) is 0 Å². The fourth-order valence-electron chi connectivity index (χ4n) is 2.46. The van der Waals surface area contributed by atoms with Gasteiger partial charge in [0.05, 0.1) is 11.4 Å². The number of hydrogen-bond donors (Lipinski definition) is 2. The number of rotatable bonds is 5. The molecule has 1 rings (SSSR count). The maximum Gasteiger partial charge on any atom is 0.226 e. The highest BCUT2D eigenvalue weighted by molar-refractivity contribution is 7.80. The minimum Gasteiger partial charge on any atom is -0.393 e. The summed E-state index contributed by atoms with van der Waals surface area (Å²) in [5.74, 6) is 1.59. The first kappa shape index (κ1) is 13.4. The summed E-state index contributed by atoms with van der Waals surface area (Å²) in [6.45, 7) is 3.08. The standard InChI is InChI=1S/C12H22N2OS/c1-9-3-2-4-10(7-9)5-6-14-12(15)8-11(13)16/h9-10H,2-8H2,1H3,(H2,13,16)(H,14,15). The van der Waals surface area contributed by atoms with Crippen LogP contribution in [0.4, 0.5) is 0 Å². The molecule has 92 valence electrons. The molecule has 16 heavy (non-hydrogen) atoms. The van der Waals surface area contributed by atoms with E-state index in [1.165, 1.54) is 25.7 Å². The first-order valence-corrected chi connectivity index (χ1v) is 6.53. The van der Waals surface area contributed by atoms with Gasteiger partial charge >= 0.3 is 0 Å². The lowest BCUT2D eigenvalue weighted by atomic mass is 9.81. The Balaban J connectivity index is 2.10. The van der Waals surface area contributed by atoms with E-state index in [0.717, 1.165) is 24.8 Å². The second kappa shape index (κ2) is 6.84. The molecule has 0 heterocycles. The smallest absolute Gasteiger partial charge is 0.226 e. The number of nitrogens with one attached hydrogen (secondary N) is 1. The summed E-state index contributed by atoms with van der Waals surface area (Å²) in [6, 6.07) is 0. The monoisotopic (exact) mass is 242 g/mol. The molecule has 1 fully saturated rings. The van der Waals surface area contributed by atoms with Crippen LogP contribution in [0.25, 0.3) is 0 Å². The molecule has 0 bridgehead atoms. The third kappa shape index (κ3) is 5.45. The summed E-state index contributed by atoms with van der Waals surface area (Å²) in [5.41, 5.74) is 5.30. The molecule has 1 aliphatic rings. The molecule has 0 aromatic rings. The van der Waals surface area contributed by atoms with E-state index in [-0.39, 0.29) is 17.3 Å². The molecular weight excluding hydrogens is 220 g/mol. The van der Waals surface area contributed by atoms with Crippen LogP contribution in [0.1, 0.15) is 45.4 Å². The summed E-state index contributed by atoms with van der Waals surface area (Å²) >= 11 is 4.68. The van der Waals surface area contributed by atoms with Crippen LogP contribution >= 0.6 is 12.2 Å². The van der Waals surface area contributed by atoms with Gasteiger partial charge < -0.3 is 11.1 Å². The number of carbonyl (C=O) groups is 1. The lowest BCUT2D eigenvalue weighted by molar-refractivity contribution is -0.119. The molecule has 0 aromatic heterocycles. The molecular formula is C12H22N2OS. The van der Waals surface area contributed by atoms with Crippen LogP contribution in [-0.4, -0.2) is 17.4 Å². The van der Waals surface area contributed by atoms with Gasteiger partial charge in [0.2, 0.25) is 5.91 Å². The Morgan fingerprint density at radius 1 is 1.50 bits per heavy atom. The zero-order valence-electron chi connectivity index (χ0n) is 10.00. The summed E-state index contributed by atoms with van der Waals surface area (Å²) in [6.07, 6.45) is 6.60. The van der Waals surface area contributed by atoms with Crippen molar-refractivity contribution in [2.75, 3.05) is 6.54 Å². The zero-order valence-corrected chi connectivity index (χ0v) is 10.8. The van der Waals surface area contributed by atoms with E-state index in [4.69, 9.17) is 5.73 Å². The summed E-state index contributed by atoms with van der Waals surface area (Å²) in [5, 5.41) is 2.87. The molecule has 0 radical (unpaired) electrons. The second-order valence-electron chi connectivity index (χ2n) is 4.92. The molecule has 2 unspecified atom stereocenters. The molecule has 3 N–H and O–H groups in total. The predicted molar refractivity (Wildman–Crippen MR) is 70.2 cm³/mol. The molecule has 1 saturated carbocycles. The van der Waals surface area contributed by atoms with Crippen molar-refractivity contribution < 1.29 is 4.79 Å². The number of amides is 1. The minimum atomic E-state index is -0.0450. The topological polar surface area (TPSA) is 55.1 Å². The van der Waals surface area contributed by atoms with Crippen molar-refractivity contribution in [1.82, 2.24) is 5.32 Å². The number of nitrogens with two attached hydrogens (primary N) is 1. The largest absolute Gasteiger partial charge is 0.393 e. The molecule has 0 aromatic carbocycles. The van der Waals surface area contributed by atoms with Crippen molar-refractivity contribution in [1.29, 1.82) is 0 Å². The maximum atomic E-state index is 11.3. The number of hydrogen-bond acceptors (Lipinski definition) is 2. The van der Waals surface area contributed by atoms with E-state index in [9.17, 15) is 4.79 Å². The van der Waals surface area contributed by atoms with Crippen LogP contribution in [0, 0.1) is 11.8 Å². The van der Waals surface area contributed by atoms with Crippen LogP contribution in [0.5, 0.6) is 0 Å². The van der Waals surface area contributed by atoms with Crippen molar-refractivity contribution in [2.45, 2.75) is 45.4 Å².